The van der Waals surface area contributed by atoms with Gasteiger partial charge in [-0.1, -0.05) is 29.3 Å². The Hall–Kier alpha value is -4.34. The Morgan fingerprint density at radius 2 is 1.79 bits per heavy atom. The zero-order valence-electron chi connectivity index (χ0n) is 27.3. The van der Waals surface area contributed by atoms with Crippen LogP contribution in [-0.4, -0.2) is 54.4 Å². The molecular weight excluding hydrogens is 637 g/mol. The van der Waals surface area contributed by atoms with Crippen LogP contribution in [-0.2, 0) is 20.0 Å². The van der Waals surface area contributed by atoms with Gasteiger partial charge in [0, 0.05) is 53.1 Å². The fraction of sp³-hybridized carbons (Fsp3) is 0.333. The molecule has 0 fully saturated rings. The van der Waals surface area contributed by atoms with E-state index in [1.807, 2.05) is 63.7 Å². The molecule has 0 bridgehead atoms. The highest BCUT2D eigenvalue weighted by atomic mass is 35.5. The summed E-state index contributed by atoms with van der Waals surface area (Å²) < 4.78 is 10.2. The number of ether oxygens (including phenoxy) is 1. The third-order valence-electron chi connectivity index (χ3n) is 9.07. The maximum atomic E-state index is 14.5. The summed E-state index contributed by atoms with van der Waals surface area (Å²) in [6.45, 7) is 11.2. The minimum Gasteiger partial charge on any atom is -0.494 e. The van der Waals surface area contributed by atoms with Gasteiger partial charge in [0.05, 0.1) is 40.6 Å². The van der Waals surface area contributed by atoms with E-state index in [0.29, 0.717) is 42.4 Å². The molecule has 5 aromatic rings. The van der Waals surface area contributed by atoms with Crippen LogP contribution in [0.3, 0.4) is 0 Å². The van der Waals surface area contributed by atoms with Crippen molar-refractivity contribution < 1.29 is 19.4 Å². The second-order valence-corrected chi connectivity index (χ2v) is 13.2. The summed E-state index contributed by atoms with van der Waals surface area (Å²) in [5.41, 5.74) is 8.85. The Bertz CT molecular complexity index is 2020. The number of halogens is 2. The third-order valence-corrected chi connectivity index (χ3v) is 9.98. The van der Waals surface area contributed by atoms with Crippen molar-refractivity contribution in [3.8, 4) is 16.9 Å². The number of aromatic carboxylic acids is 1. The standard InChI is InChI=1S/C36H37Cl2N5O4/c1-19-14-26(15-20(2)32(19)38)47-13-7-8-27-28-11-12-29(37)31(30-22(4)40-41(6)23(30)5)33(28)43-21(3)17-42(35(44)34(27)43)18-25-10-9-24(16-39-25)36(45)46/h9-12,14-16,21H,7-8,13,17-18H2,1-6H3,(H,45,46)/t21-/m1/s1. The van der Waals surface area contributed by atoms with Crippen LogP contribution in [0.25, 0.3) is 22.0 Å². The number of hydrogen-bond donors (Lipinski definition) is 1. The highest BCUT2D eigenvalue weighted by molar-refractivity contribution is 6.35. The number of carbonyl (C=O) groups is 2. The number of fused-ring (bicyclic) bond motifs is 3. The largest absolute Gasteiger partial charge is 0.494 e. The average Bonchev–Trinajstić information content (AvgIpc) is 3.49. The molecule has 3 aromatic heterocycles. The van der Waals surface area contributed by atoms with E-state index in [-0.39, 0.29) is 24.1 Å². The van der Waals surface area contributed by atoms with E-state index in [9.17, 15) is 14.7 Å². The second-order valence-electron chi connectivity index (χ2n) is 12.4. The van der Waals surface area contributed by atoms with Crippen molar-refractivity contribution in [1.82, 2.24) is 24.2 Å². The van der Waals surface area contributed by atoms with Crippen molar-refractivity contribution in [1.29, 1.82) is 0 Å². The van der Waals surface area contributed by atoms with E-state index in [0.717, 1.165) is 60.9 Å². The van der Waals surface area contributed by atoms with Crippen LogP contribution >= 0.6 is 23.2 Å². The normalized spacial score (nSPS) is 14.6. The molecule has 1 amide bonds. The van der Waals surface area contributed by atoms with Crippen molar-refractivity contribution in [3.63, 3.8) is 0 Å². The molecular formula is C36H37Cl2N5O4. The fourth-order valence-electron chi connectivity index (χ4n) is 6.78. The van der Waals surface area contributed by atoms with Gasteiger partial charge in [-0.3, -0.25) is 14.5 Å². The highest BCUT2D eigenvalue weighted by Crippen LogP contribution is 2.44. The van der Waals surface area contributed by atoms with Crippen LogP contribution in [0, 0.1) is 27.7 Å². The van der Waals surface area contributed by atoms with Crippen LogP contribution in [0.2, 0.25) is 10.0 Å². The minimum absolute atomic E-state index is 0.0805. The van der Waals surface area contributed by atoms with Gasteiger partial charge in [-0.05, 0) is 94.5 Å². The van der Waals surface area contributed by atoms with Crippen LogP contribution < -0.4 is 4.74 Å². The molecule has 244 valence electrons. The summed E-state index contributed by atoms with van der Waals surface area (Å²) in [6.07, 6.45) is 2.61. The van der Waals surface area contributed by atoms with Crippen molar-refractivity contribution >= 4 is 46.0 Å². The summed E-state index contributed by atoms with van der Waals surface area (Å²) in [7, 11) is 1.92. The molecule has 9 nitrogen and oxygen atoms in total. The molecule has 0 saturated carbocycles. The van der Waals surface area contributed by atoms with E-state index in [4.69, 9.17) is 27.9 Å². The van der Waals surface area contributed by atoms with Crippen molar-refractivity contribution in [2.75, 3.05) is 13.2 Å². The first kappa shape index (κ1) is 32.6. The molecule has 47 heavy (non-hydrogen) atoms. The van der Waals surface area contributed by atoms with Gasteiger partial charge in [-0.2, -0.15) is 5.10 Å². The number of carboxylic acid groups (broad SMARTS) is 1. The summed E-state index contributed by atoms with van der Waals surface area (Å²) in [5, 5.41) is 16.3. The van der Waals surface area contributed by atoms with Crippen molar-refractivity contribution in [2.45, 2.75) is 60.0 Å². The van der Waals surface area contributed by atoms with E-state index in [1.54, 1.807) is 11.0 Å². The fourth-order valence-corrected chi connectivity index (χ4v) is 7.14. The maximum absolute atomic E-state index is 14.5. The zero-order chi connectivity index (χ0) is 33.7. The average molecular weight is 675 g/mol. The van der Waals surface area contributed by atoms with Crippen LogP contribution in [0.1, 0.15) is 74.0 Å². The summed E-state index contributed by atoms with van der Waals surface area (Å²) in [5.74, 6) is -0.383. The van der Waals surface area contributed by atoms with Crippen molar-refractivity contribution in [3.05, 3.63) is 97.7 Å². The highest BCUT2D eigenvalue weighted by Gasteiger charge is 2.36. The molecule has 1 aliphatic heterocycles. The first-order valence-corrected chi connectivity index (χ1v) is 16.4. The number of carbonyl (C=O) groups excluding carboxylic acids is 1. The lowest BCUT2D eigenvalue weighted by molar-refractivity contribution is 0.0657. The molecule has 1 aliphatic rings. The Morgan fingerprint density at radius 3 is 2.40 bits per heavy atom. The van der Waals surface area contributed by atoms with Crippen LogP contribution in [0.5, 0.6) is 5.75 Å². The SMILES string of the molecule is Cc1cc(OCCCc2c3n(c4c(-c5c(C)nn(C)c5C)c(Cl)ccc24)[C@H](C)CN(Cc2ccc(C(=O)O)cn2)C3=O)cc(C)c1Cl. The molecule has 11 heteroatoms. The lowest BCUT2D eigenvalue weighted by Gasteiger charge is -2.34. The molecule has 0 saturated heterocycles. The van der Waals surface area contributed by atoms with Gasteiger partial charge >= 0.3 is 5.97 Å². The number of hydrogen-bond acceptors (Lipinski definition) is 5. The van der Waals surface area contributed by atoms with Gasteiger partial charge in [0.15, 0.2) is 0 Å². The van der Waals surface area contributed by atoms with Gasteiger partial charge in [-0.15, -0.1) is 0 Å². The first-order chi connectivity index (χ1) is 22.4. The molecule has 4 heterocycles. The Balaban J connectivity index is 1.42. The predicted octanol–water partition coefficient (Wildman–Crippen LogP) is 7.90. The summed E-state index contributed by atoms with van der Waals surface area (Å²) in [6, 6.07) is 10.9. The van der Waals surface area contributed by atoms with E-state index >= 15 is 0 Å². The van der Waals surface area contributed by atoms with Gasteiger partial charge < -0.3 is 19.3 Å². The third kappa shape index (κ3) is 5.87. The number of carboxylic acids is 1. The number of aryl methyl sites for hydroxylation is 5. The molecule has 0 aliphatic carbocycles. The molecule has 0 radical (unpaired) electrons. The molecule has 1 N–H and O–H groups in total. The van der Waals surface area contributed by atoms with Gasteiger partial charge in [0.1, 0.15) is 11.4 Å². The number of pyridine rings is 1. The lowest BCUT2D eigenvalue weighted by Crippen LogP contribution is -2.42. The molecule has 0 unspecified atom stereocenters. The Morgan fingerprint density at radius 1 is 1.06 bits per heavy atom. The zero-order valence-corrected chi connectivity index (χ0v) is 28.8. The second kappa shape index (κ2) is 12.7. The van der Waals surface area contributed by atoms with Crippen molar-refractivity contribution in [2.24, 2.45) is 7.05 Å². The van der Waals surface area contributed by atoms with E-state index in [1.165, 1.54) is 12.3 Å². The Kier molecular flexibility index (Phi) is 8.80. The summed E-state index contributed by atoms with van der Waals surface area (Å²) >= 11 is 13.4. The van der Waals surface area contributed by atoms with Gasteiger partial charge in [0.2, 0.25) is 0 Å². The quantitative estimate of drug-likeness (QED) is 0.160. The first-order valence-electron chi connectivity index (χ1n) is 15.6. The lowest BCUT2D eigenvalue weighted by atomic mass is 9.98. The monoisotopic (exact) mass is 673 g/mol. The number of benzene rings is 2. The van der Waals surface area contributed by atoms with Gasteiger partial charge in [0.25, 0.3) is 5.91 Å². The number of amides is 1. The number of aromatic nitrogens is 4. The topological polar surface area (TPSA) is 102 Å². The number of nitrogens with zero attached hydrogens (tertiary/aromatic N) is 5. The van der Waals surface area contributed by atoms with Crippen LogP contribution in [0.15, 0.2) is 42.6 Å². The smallest absolute Gasteiger partial charge is 0.337 e. The molecule has 0 spiro atoms. The van der Waals surface area contributed by atoms with Gasteiger partial charge in [-0.25, -0.2) is 4.79 Å². The van der Waals surface area contributed by atoms with E-state index < -0.39 is 5.97 Å². The Labute approximate surface area is 283 Å². The minimum atomic E-state index is -1.04. The van der Waals surface area contributed by atoms with Crippen LogP contribution in [0.4, 0.5) is 0 Å². The summed E-state index contributed by atoms with van der Waals surface area (Å²) in [4.78, 5) is 31.9. The maximum Gasteiger partial charge on any atom is 0.337 e. The van der Waals surface area contributed by atoms with E-state index in [2.05, 4.69) is 21.6 Å². The predicted molar refractivity (Wildman–Crippen MR) is 184 cm³/mol. The molecule has 2 aromatic carbocycles. The molecule has 1 atom stereocenters. The number of rotatable bonds is 9. The molecule has 6 rings (SSSR count).